The molecule has 0 aliphatic heterocycles. The Bertz CT molecular complexity index is 563. The smallest absolute Gasteiger partial charge is 0.339 e. The van der Waals surface area contributed by atoms with Crippen LogP contribution in [0.4, 0.5) is 0 Å². The average Bonchev–Trinajstić information content (AvgIpc) is 2.61. The van der Waals surface area contributed by atoms with Crippen molar-refractivity contribution >= 4 is 11.9 Å². The quantitative estimate of drug-likeness (QED) is 0.351. The number of rotatable bonds is 13. The van der Waals surface area contributed by atoms with Crippen molar-refractivity contribution in [3.63, 3.8) is 0 Å². The SMILES string of the molecule is CCCCCCCCCOC(=O)c1ccc(CCC(C)C)cc1C(=O)O. The van der Waals surface area contributed by atoms with Crippen LogP contribution < -0.4 is 0 Å². The van der Waals surface area contributed by atoms with E-state index < -0.39 is 11.9 Å². The summed E-state index contributed by atoms with van der Waals surface area (Å²) in [5, 5.41) is 9.42. The fourth-order valence-corrected chi connectivity index (χ4v) is 2.86. The number of hydrogen-bond acceptors (Lipinski definition) is 3. The van der Waals surface area contributed by atoms with E-state index >= 15 is 0 Å². The first kappa shape index (κ1) is 22.2. The number of aryl methyl sites for hydroxylation is 1. The predicted molar refractivity (Wildman–Crippen MR) is 105 cm³/mol. The van der Waals surface area contributed by atoms with Crippen LogP contribution in [-0.4, -0.2) is 23.7 Å². The van der Waals surface area contributed by atoms with E-state index in [1.54, 1.807) is 12.1 Å². The zero-order valence-electron chi connectivity index (χ0n) is 16.6. The van der Waals surface area contributed by atoms with Crippen LogP contribution >= 0.6 is 0 Å². The van der Waals surface area contributed by atoms with Crippen molar-refractivity contribution in [3.05, 3.63) is 34.9 Å². The number of aromatic carboxylic acids is 1. The molecule has 0 radical (unpaired) electrons. The molecule has 1 rings (SSSR count). The van der Waals surface area contributed by atoms with Gasteiger partial charge in [-0.25, -0.2) is 9.59 Å². The first-order valence-corrected chi connectivity index (χ1v) is 9.99. The van der Waals surface area contributed by atoms with Crippen molar-refractivity contribution in [2.24, 2.45) is 5.92 Å². The highest BCUT2D eigenvalue weighted by Gasteiger charge is 2.18. The molecular formula is C22H34O4. The van der Waals surface area contributed by atoms with Gasteiger partial charge in [-0.05, 0) is 42.9 Å². The third-order valence-corrected chi connectivity index (χ3v) is 4.53. The Balaban J connectivity index is 2.50. The number of carboxylic acid groups (broad SMARTS) is 1. The summed E-state index contributed by atoms with van der Waals surface area (Å²) in [6.45, 7) is 6.81. The second kappa shape index (κ2) is 12.5. The second-order valence-electron chi connectivity index (χ2n) is 7.37. The lowest BCUT2D eigenvalue weighted by molar-refractivity contribution is 0.0487. The average molecular weight is 363 g/mol. The molecule has 4 heteroatoms. The summed E-state index contributed by atoms with van der Waals surface area (Å²) in [7, 11) is 0. The molecule has 0 atom stereocenters. The number of carbonyl (C=O) groups is 2. The van der Waals surface area contributed by atoms with Crippen molar-refractivity contribution < 1.29 is 19.4 Å². The normalized spacial score (nSPS) is 10.9. The molecule has 0 amide bonds. The van der Waals surface area contributed by atoms with Crippen LogP contribution in [0, 0.1) is 5.92 Å². The van der Waals surface area contributed by atoms with Crippen LogP contribution in [0.1, 0.15) is 98.4 Å². The molecule has 146 valence electrons. The number of benzene rings is 1. The molecule has 1 aromatic rings. The molecular weight excluding hydrogens is 328 g/mol. The maximum atomic E-state index is 12.2. The van der Waals surface area contributed by atoms with Gasteiger partial charge in [-0.15, -0.1) is 0 Å². The molecule has 0 heterocycles. The molecule has 0 spiro atoms. The van der Waals surface area contributed by atoms with Gasteiger partial charge < -0.3 is 9.84 Å². The van der Waals surface area contributed by atoms with Crippen molar-refractivity contribution in [1.82, 2.24) is 0 Å². The topological polar surface area (TPSA) is 63.6 Å². The zero-order chi connectivity index (χ0) is 19.4. The summed E-state index contributed by atoms with van der Waals surface area (Å²) in [6.07, 6.45) is 9.82. The van der Waals surface area contributed by atoms with Crippen LogP contribution in [0.25, 0.3) is 0 Å². The van der Waals surface area contributed by atoms with Crippen LogP contribution in [0.2, 0.25) is 0 Å². The second-order valence-corrected chi connectivity index (χ2v) is 7.37. The van der Waals surface area contributed by atoms with E-state index in [4.69, 9.17) is 4.74 Å². The van der Waals surface area contributed by atoms with Gasteiger partial charge in [-0.3, -0.25) is 0 Å². The summed E-state index contributed by atoms with van der Waals surface area (Å²) in [5.74, 6) is -1.07. The maximum absolute atomic E-state index is 12.2. The molecule has 0 aromatic heterocycles. The summed E-state index contributed by atoms with van der Waals surface area (Å²) < 4.78 is 5.28. The predicted octanol–water partition coefficient (Wildman–Crippen LogP) is 5.88. The van der Waals surface area contributed by atoms with Crippen LogP contribution in [0.5, 0.6) is 0 Å². The molecule has 1 aromatic carbocycles. The molecule has 4 nitrogen and oxygen atoms in total. The first-order valence-electron chi connectivity index (χ1n) is 9.99. The van der Waals surface area contributed by atoms with Crippen molar-refractivity contribution in [3.8, 4) is 0 Å². The Morgan fingerprint density at radius 1 is 1.00 bits per heavy atom. The first-order chi connectivity index (χ1) is 12.5. The Hall–Kier alpha value is -1.84. The third kappa shape index (κ3) is 8.50. The largest absolute Gasteiger partial charge is 0.478 e. The standard InChI is InChI=1S/C22H34O4/c1-4-5-6-7-8-9-10-15-26-22(25)19-14-13-18(12-11-17(2)3)16-20(19)21(23)24/h13-14,16-17H,4-12,15H2,1-3H3,(H,23,24). The third-order valence-electron chi connectivity index (χ3n) is 4.53. The zero-order valence-corrected chi connectivity index (χ0v) is 16.6. The summed E-state index contributed by atoms with van der Waals surface area (Å²) in [4.78, 5) is 23.7. The van der Waals surface area contributed by atoms with E-state index in [1.165, 1.54) is 25.7 Å². The van der Waals surface area contributed by atoms with Gasteiger partial charge in [0.25, 0.3) is 0 Å². The summed E-state index contributed by atoms with van der Waals surface area (Å²) in [6, 6.07) is 5.03. The molecule has 26 heavy (non-hydrogen) atoms. The summed E-state index contributed by atoms with van der Waals surface area (Å²) >= 11 is 0. The minimum atomic E-state index is -1.08. The van der Waals surface area contributed by atoms with Crippen LogP contribution in [0.15, 0.2) is 18.2 Å². The molecule has 0 fully saturated rings. The van der Waals surface area contributed by atoms with E-state index in [0.29, 0.717) is 12.5 Å². The van der Waals surface area contributed by atoms with E-state index in [1.807, 2.05) is 6.07 Å². The highest BCUT2D eigenvalue weighted by molar-refractivity contribution is 6.02. The Kier molecular flexibility index (Phi) is 10.7. The van der Waals surface area contributed by atoms with Gasteiger partial charge in [-0.2, -0.15) is 0 Å². The molecule has 0 bridgehead atoms. The van der Waals surface area contributed by atoms with Gasteiger partial charge in [0.15, 0.2) is 0 Å². The number of ether oxygens (including phenoxy) is 1. The van der Waals surface area contributed by atoms with Crippen molar-refractivity contribution in [1.29, 1.82) is 0 Å². The lowest BCUT2D eigenvalue weighted by atomic mass is 9.98. The molecule has 0 saturated heterocycles. The molecule has 0 aliphatic rings. The molecule has 0 saturated carbocycles. The number of esters is 1. The van der Waals surface area contributed by atoms with E-state index in [0.717, 1.165) is 37.7 Å². The highest BCUT2D eigenvalue weighted by atomic mass is 16.5. The molecule has 0 aliphatic carbocycles. The van der Waals surface area contributed by atoms with Gasteiger partial charge in [0, 0.05) is 0 Å². The number of carboxylic acids is 1. The minimum absolute atomic E-state index is 0.0378. The summed E-state index contributed by atoms with van der Waals surface area (Å²) in [5.41, 5.74) is 1.13. The molecule has 0 unspecified atom stereocenters. The number of carbonyl (C=O) groups excluding carboxylic acids is 1. The molecule has 1 N–H and O–H groups in total. The van der Waals surface area contributed by atoms with Crippen molar-refractivity contribution in [2.75, 3.05) is 6.61 Å². The monoisotopic (exact) mass is 362 g/mol. The lowest BCUT2D eigenvalue weighted by Gasteiger charge is -2.10. The van der Waals surface area contributed by atoms with Crippen LogP contribution in [0.3, 0.4) is 0 Å². The Morgan fingerprint density at radius 2 is 1.65 bits per heavy atom. The Labute approximate surface area is 158 Å². The van der Waals surface area contributed by atoms with E-state index in [9.17, 15) is 14.7 Å². The lowest BCUT2D eigenvalue weighted by Crippen LogP contribution is -2.13. The van der Waals surface area contributed by atoms with Gasteiger partial charge >= 0.3 is 11.9 Å². The minimum Gasteiger partial charge on any atom is -0.478 e. The van der Waals surface area contributed by atoms with Gasteiger partial charge in [-0.1, -0.05) is 65.4 Å². The van der Waals surface area contributed by atoms with Crippen molar-refractivity contribution in [2.45, 2.75) is 78.6 Å². The van der Waals surface area contributed by atoms with E-state index in [-0.39, 0.29) is 11.1 Å². The van der Waals surface area contributed by atoms with Crippen LogP contribution in [-0.2, 0) is 11.2 Å². The fraction of sp³-hybridized carbons (Fsp3) is 0.636. The Morgan fingerprint density at radius 3 is 2.27 bits per heavy atom. The van der Waals surface area contributed by atoms with Gasteiger partial charge in [0.1, 0.15) is 0 Å². The van der Waals surface area contributed by atoms with Gasteiger partial charge in [0.05, 0.1) is 17.7 Å². The van der Waals surface area contributed by atoms with E-state index in [2.05, 4.69) is 20.8 Å². The highest BCUT2D eigenvalue weighted by Crippen LogP contribution is 2.17. The maximum Gasteiger partial charge on any atom is 0.339 e. The van der Waals surface area contributed by atoms with Gasteiger partial charge in [0.2, 0.25) is 0 Å². The number of unbranched alkanes of at least 4 members (excludes halogenated alkanes) is 6. The number of hydrogen-bond donors (Lipinski definition) is 1. The fourth-order valence-electron chi connectivity index (χ4n) is 2.86.